The maximum Gasteiger partial charge on any atom is 0.311 e. The van der Waals surface area contributed by atoms with Crippen molar-refractivity contribution in [3.8, 4) is 11.5 Å². The highest BCUT2D eigenvalue weighted by atomic mass is 19.1. The maximum atomic E-state index is 14.7. The van der Waals surface area contributed by atoms with Crippen LogP contribution in [0.1, 0.15) is 55.3 Å². The molecule has 0 saturated heterocycles. The number of esters is 1. The number of benzene rings is 1. The van der Waals surface area contributed by atoms with Crippen LogP contribution >= 0.6 is 0 Å². The minimum atomic E-state index is -0.608. The number of ether oxygens (including phenoxy) is 3. The number of hydrogen-bond donors (Lipinski definition) is 1. The highest BCUT2D eigenvalue weighted by Crippen LogP contribution is 2.49. The third-order valence-corrected chi connectivity index (χ3v) is 7.39. The quantitative estimate of drug-likeness (QED) is 0.510. The van der Waals surface area contributed by atoms with Crippen LogP contribution in [0.5, 0.6) is 11.5 Å². The summed E-state index contributed by atoms with van der Waals surface area (Å²) in [4.78, 5) is 36.5. The molecule has 0 aliphatic heterocycles. The molecule has 4 rings (SSSR count). The van der Waals surface area contributed by atoms with Gasteiger partial charge >= 0.3 is 5.97 Å². The Kier molecular flexibility index (Phi) is 6.67. The number of fused-ring (bicyclic) bond motifs is 2. The number of methoxy groups -OCH3 is 2. The number of amides is 1. The van der Waals surface area contributed by atoms with Crippen molar-refractivity contribution >= 4 is 18.2 Å². The smallest absolute Gasteiger partial charge is 0.311 e. The number of carbonyl (C=O) groups is 3. The van der Waals surface area contributed by atoms with Gasteiger partial charge in [0.25, 0.3) is 5.91 Å². The minimum Gasteiger partial charge on any atom is -0.496 e. The molecule has 2 bridgehead atoms. The third-order valence-electron chi connectivity index (χ3n) is 7.39. The summed E-state index contributed by atoms with van der Waals surface area (Å²) in [5, 5.41) is 2.99. The summed E-state index contributed by atoms with van der Waals surface area (Å²) >= 11 is 0. The molecular formula is C24H30FNO6. The van der Waals surface area contributed by atoms with Crippen LogP contribution in [0.3, 0.4) is 0 Å². The van der Waals surface area contributed by atoms with E-state index < -0.39 is 11.7 Å². The van der Waals surface area contributed by atoms with Gasteiger partial charge in [-0.2, -0.15) is 0 Å². The molecule has 32 heavy (non-hydrogen) atoms. The Balaban J connectivity index is 1.52. The minimum absolute atomic E-state index is 0.0111. The van der Waals surface area contributed by atoms with Gasteiger partial charge in [-0.3, -0.25) is 9.59 Å². The van der Waals surface area contributed by atoms with Crippen LogP contribution in [0.2, 0.25) is 0 Å². The van der Waals surface area contributed by atoms with Crippen molar-refractivity contribution in [2.45, 2.75) is 57.1 Å². The van der Waals surface area contributed by atoms with E-state index in [-0.39, 0.29) is 58.8 Å². The van der Waals surface area contributed by atoms with E-state index in [1.54, 1.807) is 0 Å². The number of carbonyl (C=O) groups excluding carboxylic acids is 3. The van der Waals surface area contributed by atoms with Crippen molar-refractivity contribution in [2.24, 2.45) is 23.7 Å². The Morgan fingerprint density at radius 3 is 2.41 bits per heavy atom. The van der Waals surface area contributed by atoms with Gasteiger partial charge in [0.05, 0.1) is 31.8 Å². The molecule has 8 heteroatoms. The van der Waals surface area contributed by atoms with Gasteiger partial charge in [0.15, 0.2) is 11.6 Å². The van der Waals surface area contributed by atoms with Crippen molar-refractivity contribution in [1.82, 2.24) is 5.32 Å². The molecule has 1 aromatic rings. The predicted octanol–water partition coefficient (Wildman–Crippen LogP) is 3.29. The van der Waals surface area contributed by atoms with Crippen LogP contribution in [-0.2, 0) is 14.3 Å². The fourth-order valence-corrected chi connectivity index (χ4v) is 5.70. The molecule has 0 spiro atoms. The van der Waals surface area contributed by atoms with Gasteiger partial charge in [0, 0.05) is 18.0 Å². The molecule has 0 radical (unpaired) electrons. The zero-order valence-corrected chi connectivity index (χ0v) is 18.5. The van der Waals surface area contributed by atoms with Crippen LogP contribution in [0.4, 0.5) is 4.39 Å². The first-order chi connectivity index (χ1) is 15.4. The molecule has 1 N–H and O–H groups in total. The zero-order chi connectivity index (χ0) is 22.8. The van der Waals surface area contributed by atoms with E-state index >= 15 is 0 Å². The Labute approximate surface area is 187 Å². The standard InChI is InChI=1S/C24H30FNO6/c1-30-19-11-18(25)20(32-16-7-3-13(12-27)4-8-16)10-17(19)23(28)26-22-15-6-5-14(9-15)21(22)24(29)31-2/h10-16,21-22H,3-9H2,1-2H3,(H,26,28). The van der Waals surface area contributed by atoms with Gasteiger partial charge in [-0.05, 0) is 62.8 Å². The molecule has 3 aliphatic carbocycles. The van der Waals surface area contributed by atoms with Gasteiger partial charge in [0.1, 0.15) is 12.0 Å². The second-order valence-electron chi connectivity index (χ2n) is 9.16. The van der Waals surface area contributed by atoms with Crippen molar-refractivity contribution in [1.29, 1.82) is 0 Å². The molecule has 4 atom stereocenters. The Bertz CT molecular complexity index is 881. The molecule has 0 aromatic heterocycles. The lowest BCUT2D eigenvalue weighted by molar-refractivity contribution is -0.148. The number of aldehydes is 1. The first-order valence-electron chi connectivity index (χ1n) is 11.3. The molecule has 1 aromatic carbocycles. The number of halogens is 1. The SMILES string of the molecule is COC(=O)C1C2CCC(C2)C1NC(=O)c1cc(OC2CCC(C=O)CC2)c(F)cc1OC. The molecule has 3 fully saturated rings. The van der Waals surface area contributed by atoms with E-state index in [9.17, 15) is 18.8 Å². The second-order valence-corrected chi connectivity index (χ2v) is 9.16. The second kappa shape index (κ2) is 9.46. The van der Waals surface area contributed by atoms with Gasteiger partial charge in [-0.15, -0.1) is 0 Å². The molecule has 7 nitrogen and oxygen atoms in total. The summed E-state index contributed by atoms with van der Waals surface area (Å²) in [6.45, 7) is 0. The number of nitrogens with one attached hydrogen (secondary N) is 1. The van der Waals surface area contributed by atoms with E-state index in [0.717, 1.165) is 31.6 Å². The summed E-state index contributed by atoms with van der Waals surface area (Å²) in [5.41, 5.74) is 0.164. The average Bonchev–Trinajstić information content (AvgIpc) is 3.42. The van der Waals surface area contributed by atoms with Gasteiger partial charge in [-0.1, -0.05) is 0 Å². The first kappa shape index (κ1) is 22.6. The fraction of sp³-hybridized carbons (Fsp3) is 0.625. The molecule has 174 valence electrons. The Hall–Kier alpha value is -2.64. The van der Waals surface area contributed by atoms with Crippen molar-refractivity contribution in [3.63, 3.8) is 0 Å². The van der Waals surface area contributed by atoms with Crippen LogP contribution in [0.25, 0.3) is 0 Å². The molecule has 3 saturated carbocycles. The van der Waals surface area contributed by atoms with E-state index in [2.05, 4.69) is 5.32 Å². The average molecular weight is 448 g/mol. The van der Waals surface area contributed by atoms with Crippen LogP contribution in [0.15, 0.2) is 12.1 Å². The normalized spacial score (nSPS) is 31.1. The van der Waals surface area contributed by atoms with E-state index in [1.165, 1.54) is 20.3 Å². The monoisotopic (exact) mass is 447 g/mol. The van der Waals surface area contributed by atoms with E-state index in [0.29, 0.717) is 25.7 Å². The molecule has 1 amide bonds. The van der Waals surface area contributed by atoms with Crippen molar-refractivity contribution < 1.29 is 33.0 Å². The maximum absolute atomic E-state index is 14.7. The molecule has 0 heterocycles. The lowest BCUT2D eigenvalue weighted by Crippen LogP contribution is -2.47. The zero-order valence-electron chi connectivity index (χ0n) is 18.5. The van der Waals surface area contributed by atoms with Gasteiger partial charge in [0.2, 0.25) is 0 Å². The largest absolute Gasteiger partial charge is 0.496 e. The summed E-state index contributed by atoms with van der Waals surface area (Å²) in [6, 6.07) is 2.21. The summed E-state index contributed by atoms with van der Waals surface area (Å²) in [5.74, 6) is -1.14. The topological polar surface area (TPSA) is 90.9 Å². The summed E-state index contributed by atoms with van der Waals surface area (Å²) in [7, 11) is 2.74. The Morgan fingerprint density at radius 2 is 1.75 bits per heavy atom. The van der Waals surface area contributed by atoms with Gasteiger partial charge in [-0.25, -0.2) is 4.39 Å². The Morgan fingerprint density at radius 1 is 1.03 bits per heavy atom. The lowest BCUT2D eigenvalue weighted by atomic mass is 9.84. The van der Waals surface area contributed by atoms with Crippen LogP contribution in [0, 0.1) is 29.5 Å². The van der Waals surface area contributed by atoms with Gasteiger partial charge < -0.3 is 24.3 Å². The number of hydrogen-bond acceptors (Lipinski definition) is 6. The van der Waals surface area contributed by atoms with Crippen molar-refractivity contribution in [3.05, 3.63) is 23.5 Å². The fourth-order valence-electron chi connectivity index (χ4n) is 5.70. The first-order valence-corrected chi connectivity index (χ1v) is 11.3. The third kappa shape index (κ3) is 4.32. The molecular weight excluding hydrogens is 417 g/mol. The van der Waals surface area contributed by atoms with Crippen molar-refractivity contribution in [2.75, 3.05) is 14.2 Å². The highest BCUT2D eigenvalue weighted by Gasteiger charge is 2.52. The van der Waals surface area contributed by atoms with Crippen LogP contribution in [-0.4, -0.2) is 44.5 Å². The van der Waals surface area contributed by atoms with Crippen LogP contribution < -0.4 is 14.8 Å². The lowest BCUT2D eigenvalue weighted by Gasteiger charge is -2.30. The number of rotatable bonds is 7. The van der Waals surface area contributed by atoms with E-state index in [4.69, 9.17) is 14.2 Å². The van der Waals surface area contributed by atoms with E-state index in [1.807, 2.05) is 0 Å². The predicted molar refractivity (Wildman–Crippen MR) is 113 cm³/mol. The summed E-state index contributed by atoms with van der Waals surface area (Å²) in [6.07, 6.45) is 6.29. The molecule has 4 unspecified atom stereocenters. The summed E-state index contributed by atoms with van der Waals surface area (Å²) < 4.78 is 30.8. The highest BCUT2D eigenvalue weighted by molar-refractivity contribution is 5.98. The molecule has 3 aliphatic rings.